The number of hydrogen-bond acceptors (Lipinski definition) is 6. The van der Waals surface area contributed by atoms with Crippen LogP contribution < -0.4 is 19.5 Å². The van der Waals surface area contributed by atoms with Gasteiger partial charge in [0, 0.05) is 18.2 Å². The van der Waals surface area contributed by atoms with Gasteiger partial charge in [-0.05, 0) is 45.4 Å². The van der Waals surface area contributed by atoms with E-state index in [1.807, 2.05) is 6.92 Å². The molecule has 1 aliphatic rings. The quantitative estimate of drug-likeness (QED) is 0.604. The summed E-state index contributed by atoms with van der Waals surface area (Å²) in [7, 11) is -6.08. The highest BCUT2D eigenvalue weighted by molar-refractivity contribution is 7.93. The maximum absolute atomic E-state index is 12.8. The van der Waals surface area contributed by atoms with E-state index in [9.17, 15) is 16.8 Å². The Labute approximate surface area is 161 Å². The molecule has 0 aromatic heterocycles. The lowest BCUT2D eigenvalue weighted by Crippen LogP contribution is -2.46. The maximum Gasteiger partial charge on any atom is 0.242 e. The van der Waals surface area contributed by atoms with E-state index < -0.39 is 20.0 Å². The summed E-state index contributed by atoms with van der Waals surface area (Å²) in [5, 5.41) is 3.26. The second-order valence-corrected chi connectivity index (χ2v) is 9.76. The predicted octanol–water partition coefficient (Wildman–Crippen LogP) is 1.30. The maximum atomic E-state index is 12.8. The molecule has 0 aliphatic carbocycles. The summed E-state index contributed by atoms with van der Waals surface area (Å²) in [5.74, 6) is 0.200. The van der Waals surface area contributed by atoms with Crippen molar-refractivity contribution in [3.8, 4) is 5.75 Å². The first-order chi connectivity index (χ1) is 11.7. The third-order valence-electron chi connectivity index (χ3n) is 4.07. The Bertz CT molecular complexity index is 815. The van der Waals surface area contributed by atoms with Crippen molar-refractivity contribution in [1.82, 2.24) is 10.0 Å². The molecule has 1 aliphatic heterocycles. The lowest BCUT2D eigenvalue weighted by Gasteiger charge is -2.28. The van der Waals surface area contributed by atoms with Crippen molar-refractivity contribution in [1.29, 1.82) is 0 Å². The molecule has 2 unspecified atom stereocenters. The fourth-order valence-electron chi connectivity index (χ4n) is 2.71. The zero-order valence-electron chi connectivity index (χ0n) is 15.0. The predicted molar refractivity (Wildman–Crippen MR) is 104 cm³/mol. The molecule has 26 heavy (non-hydrogen) atoms. The highest BCUT2D eigenvalue weighted by Gasteiger charge is 2.27. The highest BCUT2D eigenvalue weighted by atomic mass is 35.5. The molecule has 0 saturated carbocycles. The van der Waals surface area contributed by atoms with Crippen LogP contribution in [-0.2, 0) is 20.0 Å². The molecule has 0 spiro atoms. The molecule has 0 radical (unpaired) electrons. The highest BCUT2D eigenvalue weighted by Crippen LogP contribution is 2.28. The minimum Gasteiger partial charge on any atom is -0.497 e. The van der Waals surface area contributed by atoms with E-state index in [4.69, 9.17) is 4.74 Å². The molecule has 8 nitrogen and oxygen atoms in total. The van der Waals surface area contributed by atoms with E-state index >= 15 is 0 Å². The van der Waals surface area contributed by atoms with Gasteiger partial charge in [-0.25, -0.2) is 21.6 Å². The number of piperidine rings is 1. The SMILES string of the molecule is CCS(=O)(=O)Nc1cc(OC)ccc1S(=O)(=O)NC1CCNC(C)C1.Cl. The number of sulfonamides is 2. The Balaban J connectivity index is 0.00000338. The molecule has 2 atom stereocenters. The summed E-state index contributed by atoms with van der Waals surface area (Å²) < 4.78 is 59.5. The lowest BCUT2D eigenvalue weighted by atomic mass is 10.0. The van der Waals surface area contributed by atoms with E-state index in [2.05, 4.69) is 14.8 Å². The van der Waals surface area contributed by atoms with E-state index in [-0.39, 0.29) is 40.8 Å². The van der Waals surface area contributed by atoms with E-state index in [0.29, 0.717) is 18.6 Å². The van der Waals surface area contributed by atoms with Crippen LogP contribution in [0.15, 0.2) is 23.1 Å². The van der Waals surface area contributed by atoms with Crippen molar-refractivity contribution in [2.45, 2.75) is 43.7 Å². The third kappa shape index (κ3) is 5.98. The third-order valence-corrected chi connectivity index (χ3v) is 6.94. The van der Waals surface area contributed by atoms with Crippen LogP contribution in [0.25, 0.3) is 0 Å². The summed E-state index contributed by atoms with van der Waals surface area (Å²) in [4.78, 5) is -0.114. The molecule has 150 valence electrons. The number of anilines is 1. The molecule has 3 N–H and O–H groups in total. The molecule has 1 fully saturated rings. The fraction of sp³-hybridized carbons (Fsp3) is 0.600. The first kappa shape index (κ1) is 23.0. The van der Waals surface area contributed by atoms with Gasteiger partial charge in [0.15, 0.2) is 0 Å². The molecule has 1 aromatic carbocycles. The molecule has 11 heteroatoms. The number of rotatable bonds is 7. The summed E-state index contributed by atoms with van der Waals surface area (Å²) in [6.45, 7) is 4.20. The van der Waals surface area contributed by atoms with Gasteiger partial charge in [-0.1, -0.05) is 0 Å². The second kappa shape index (κ2) is 9.23. The van der Waals surface area contributed by atoms with E-state index in [0.717, 1.165) is 6.54 Å². The molecular weight excluding hydrogens is 402 g/mol. The molecule has 1 heterocycles. The van der Waals surface area contributed by atoms with Gasteiger partial charge in [0.25, 0.3) is 0 Å². The number of benzene rings is 1. The number of hydrogen-bond donors (Lipinski definition) is 3. The van der Waals surface area contributed by atoms with Crippen LogP contribution in [0.3, 0.4) is 0 Å². The molecule has 1 saturated heterocycles. The van der Waals surface area contributed by atoms with Gasteiger partial charge < -0.3 is 10.1 Å². The smallest absolute Gasteiger partial charge is 0.242 e. The van der Waals surface area contributed by atoms with Crippen molar-refractivity contribution in [2.75, 3.05) is 24.1 Å². The van der Waals surface area contributed by atoms with Gasteiger partial charge in [0.1, 0.15) is 10.6 Å². The Morgan fingerprint density at radius 3 is 2.54 bits per heavy atom. The number of nitrogens with one attached hydrogen (secondary N) is 3. The minimum absolute atomic E-state index is 0. The molecular formula is C15H26ClN3O5S2. The van der Waals surface area contributed by atoms with Crippen molar-refractivity contribution >= 4 is 38.1 Å². The fourth-order valence-corrected chi connectivity index (χ4v) is 4.85. The largest absolute Gasteiger partial charge is 0.497 e. The van der Waals surface area contributed by atoms with Crippen molar-refractivity contribution in [2.24, 2.45) is 0 Å². The number of methoxy groups -OCH3 is 1. The van der Waals surface area contributed by atoms with Gasteiger partial charge in [0.2, 0.25) is 20.0 Å². The molecule has 0 bridgehead atoms. The Morgan fingerprint density at radius 2 is 1.96 bits per heavy atom. The Kier molecular flexibility index (Phi) is 8.15. The van der Waals surface area contributed by atoms with E-state index in [1.165, 1.54) is 32.2 Å². The first-order valence-electron chi connectivity index (χ1n) is 8.11. The minimum atomic E-state index is -3.88. The van der Waals surface area contributed by atoms with Gasteiger partial charge in [-0.2, -0.15) is 0 Å². The van der Waals surface area contributed by atoms with Crippen LogP contribution in [0.1, 0.15) is 26.7 Å². The number of ether oxygens (including phenoxy) is 1. The monoisotopic (exact) mass is 427 g/mol. The topological polar surface area (TPSA) is 114 Å². The summed E-state index contributed by atoms with van der Waals surface area (Å²) >= 11 is 0. The average molecular weight is 428 g/mol. The van der Waals surface area contributed by atoms with Crippen molar-refractivity contribution < 1.29 is 21.6 Å². The standard InChI is InChI=1S/C15H25N3O5S2.ClH/c1-4-24(19,20)18-14-10-13(23-3)5-6-15(14)25(21,22)17-12-7-8-16-11(2)9-12;/h5-6,10-12,16-18H,4,7-9H2,1-3H3;1H. The molecule has 2 rings (SSSR count). The van der Waals surface area contributed by atoms with Crippen LogP contribution in [0.4, 0.5) is 5.69 Å². The van der Waals surface area contributed by atoms with Gasteiger partial charge in [-0.3, -0.25) is 4.72 Å². The zero-order valence-corrected chi connectivity index (χ0v) is 17.4. The van der Waals surface area contributed by atoms with Crippen molar-refractivity contribution in [3.05, 3.63) is 18.2 Å². The van der Waals surface area contributed by atoms with Gasteiger partial charge in [0.05, 0.1) is 18.6 Å². The van der Waals surface area contributed by atoms with Crippen molar-refractivity contribution in [3.63, 3.8) is 0 Å². The first-order valence-corrected chi connectivity index (χ1v) is 11.2. The second-order valence-electron chi connectivity index (χ2n) is 6.07. The molecule has 1 aromatic rings. The Morgan fingerprint density at radius 1 is 1.27 bits per heavy atom. The van der Waals surface area contributed by atoms with Gasteiger partial charge >= 0.3 is 0 Å². The Hall–Kier alpha value is -1.07. The van der Waals surface area contributed by atoms with Gasteiger partial charge in [-0.15, -0.1) is 12.4 Å². The lowest BCUT2D eigenvalue weighted by molar-refractivity contribution is 0.361. The average Bonchev–Trinajstić information content (AvgIpc) is 2.53. The van der Waals surface area contributed by atoms with Crippen LogP contribution in [-0.4, -0.2) is 48.3 Å². The van der Waals surface area contributed by atoms with Crippen LogP contribution >= 0.6 is 12.4 Å². The number of halogens is 1. The normalized spacial score (nSPS) is 20.9. The molecule has 0 amide bonds. The zero-order chi connectivity index (χ0) is 18.7. The van der Waals surface area contributed by atoms with Crippen LogP contribution in [0.5, 0.6) is 5.75 Å². The van der Waals surface area contributed by atoms with Crippen LogP contribution in [0, 0.1) is 0 Å². The van der Waals surface area contributed by atoms with Crippen LogP contribution in [0.2, 0.25) is 0 Å². The summed E-state index contributed by atoms with van der Waals surface area (Å²) in [6.07, 6.45) is 1.35. The van der Waals surface area contributed by atoms with E-state index in [1.54, 1.807) is 0 Å². The summed E-state index contributed by atoms with van der Waals surface area (Å²) in [6, 6.07) is 4.23. The summed E-state index contributed by atoms with van der Waals surface area (Å²) in [5.41, 5.74) is -0.0179.